The first-order valence-electron chi connectivity index (χ1n) is 20.5. The molecule has 1 N–H and O–H groups in total. The molecule has 1 spiro atoms. The van der Waals surface area contributed by atoms with Crippen LogP contribution in [0.5, 0.6) is 0 Å². The van der Waals surface area contributed by atoms with Gasteiger partial charge >= 0.3 is 47.8 Å². The molecule has 4 rings (SSSR count). The lowest BCUT2D eigenvalue weighted by atomic mass is 9.51. The molecule has 4 aliphatic rings. The van der Waals surface area contributed by atoms with E-state index in [4.69, 9.17) is 42.6 Å². The molecule has 11 unspecified atom stereocenters. The number of hydrogen-bond acceptors (Lipinski definition) is 18. The fourth-order valence-corrected chi connectivity index (χ4v) is 8.53. The van der Waals surface area contributed by atoms with Crippen LogP contribution in [0.4, 0.5) is 0 Å². The summed E-state index contributed by atoms with van der Waals surface area (Å²) in [5.74, 6) is -10.3. The van der Waals surface area contributed by atoms with Gasteiger partial charge in [-0.15, -0.1) is 0 Å². The molecule has 0 amide bonds. The Labute approximate surface area is 355 Å². The number of rotatable bonds is 15. The van der Waals surface area contributed by atoms with E-state index in [1.165, 1.54) is 32.1 Å². The molecule has 0 aromatic rings. The topological polar surface area (TPSA) is 243 Å². The van der Waals surface area contributed by atoms with Crippen LogP contribution in [-0.2, 0) is 81.0 Å². The smallest absolute Gasteiger partial charge is 0.344 e. The van der Waals surface area contributed by atoms with Crippen molar-refractivity contribution in [2.45, 2.75) is 143 Å². The summed E-state index contributed by atoms with van der Waals surface area (Å²) in [6, 6.07) is 0. The van der Waals surface area contributed by atoms with Crippen LogP contribution in [0.3, 0.4) is 0 Å². The van der Waals surface area contributed by atoms with Gasteiger partial charge in [-0.3, -0.25) is 33.6 Å². The Morgan fingerprint density at radius 3 is 1.79 bits per heavy atom. The van der Waals surface area contributed by atoms with Gasteiger partial charge in [0.25, 0.3) is 0 Å². The Hall–Kier alpha value is -4.84. The van der Waals surface area contributed by atoms with Crippen molar-refractivity contribution in [3.05, 3.63) is 23.8 Å². The summed E-state index contributed by atoms with van der Waals surface area (Å²) in [7, 11) is 0. The van der Waals surface area contributed by atoms with Crippen molar-refractivity contribution in [2.75, 3.05) is 19.8 Å². The van der Waals surface area contributed by atoms with Crippen LogP contribution in [0.1, 0.15) is 95.4 Å². The fraction of sp³-hybridized carbons (Fsp3) is 0.721. The molecule has 18 nitrogen and oxygen atoms in total. The van der Waals surface area contributed by atoms with Crippen molar-refractivity contribution in [2.24, 2.45) is 35.0 Å². The zero-order valence-corrected chi connectivity index (χ0v) is 36.7. The number of carbonyl (C=O) groups excluding carboxylic acids is 8. The third-order valence-corrected chi connectivity index (χ3v) is 11.2. The minimum atomic E-state index is -2.52. The molecule has 0 aromatic heterocycles. The molecular weight excluding hydrogens is 804 g/mol. The van der Waals surface area contributed by atoms with E-state index < -0.39 is 126 Å². The second-order valence-corrected chi connectivity index (χ2v) is 17.7. The third-order valence-electron chi connectivity index (χ3n) is 11.2. The fourth-order valence-electron chi connectivity index (χ4n) is 8.53. The minimum absolute atomic E-state index is 0.0156. The van der Waals surface area contributed by atoms with Crippen LogP contribution in [-0.4, -0.2) is 121 Å². The van der Waals surface area contributed by atoms with Crippen LogP contribution in [0.2, 0.25) is 0 Å². The maximum absolute atomic E-state index is 13.8. The SMILES string of the molecule is CC(=O)OC1C(OC(=O)CC(C)C)C2(CO2)C2C(OC(C)=O)C3(O)C(C=C(COC(=O)CC(C)C)C=CC(OC(=O)COC(=O)CC(C)C)C2(C)C1OC(C)=O)OC(=O)C3C. The molecule has 2 aliphatic carbocycles. The van der Waals surface area contributed by atoms with E-state index >= 15 is 0 Å². The monoisotopic (exact) mass is 864 g/mol. The second kappa shape index (κ2) is 19.5. The van der Waals surface area contributed by atoms with E-state index in [9.17, 15) is 43.5 Å². The lowest BCUT2D eigenvalue weighted by Gasteiger charge is -2.59. The summed E-state index contributed by atoms with van der Waals surface area (Å²) < 4.78 is 52.9. The van der Waals surface area contributed by atoms with Crippen LogP contribution in [0, 0.1) is 35.0 Å². The van der Waals surface area contributed by atoms with Gasteiger partial charge in [-0.25, -0.2) is 4.79 Å². The van der Waals surface area contributed by atoms with Gasteiger partial charge < -0.3 is 47.7 Å². The highest BCUT2D eigenvalue weighted by molar-refractivity contribution is 5.79. The highest BCUT2D eigenvalue weighted by Gasteiger charge is 2.81. The van der Waals surface area contributed by atoms with E-state index in [1.54, 1.807) is 27.7 Å². The van der Waals surface area contributed by atoms with Crippen molar-refractivity contribution in [3.8, 4) is 0 Å². The summed E-state index contributed by atoms with van der Waals surface area (Å²) in [4.78, 5) is 106. The zero-order chi connectivity index (χ0) is 45.8. The summed E-state index contributed by atoms with van der Waals surface area (Å²) in [5, 5.41) is 13.1. The van der Waals surface area contributed by atoms with Gasteiger partial charge in [0, 0.05) is 46.0 Å². The second-order valence-electron chi connectivity index (χ2n) is 17.7. The van der Waals surface area contributed by atoms with Crippen molar-refractivity contribution in [3.63, 3.8) is 0 Å². The number of carbonyl (C=O) groups is 8. The van der Waals surface area contributed by atoms with E-state index in [-0.39, 0.29) is 49.2 Å². The van der Waals surface area contributed by atoms with Crippen LogP contribution in [0.15, 0.2) is 23.8 Å². The summed E-state index contributed by atoms with van der Waals surface area (Å²) in [5.41, 5.74) is -6.33. The van der Waals surface area contributed by atoms with E-state index in [1.807, 2.05) is 13.8 Å². The lowest BCUT2D eigenvalue weighted by molar-refractivity contribution is -0.279. The van der Waals surface area contributed by atoms with E-state index in [0.29, 0.717) is 0 Å². The molecule has 2 aliphatic heterocycles. The van der Waals surface area contributed by atoms with Crippen molar-refractivity contribution >= 4 is 47.8 Å². The summed E-state index contributed by atoms with van der Waals surface area (Å²) in [6.45, 7) is 15.0. The molecule has 3 fully saturated rings. The molecule has 61 heavy (non-hydrogen) atoms. The van der Waals surface area contributed by atoms with Gasteiger partial charge in [0.2, 0.25) is 0 Å². The molecule has 0 bridgehead atoms. The lowest BCUT2D eigenvalue weighted by Crippen LogP contribution is -2.76. The van der Waals surface area contributed by atoms with Gasteiger partial charge in [0.1, 0.15) is 24.4 Å². The number of aliphatic hydroxyl groups is 1. The average Bonchev–Trinajstić information content (AvgIpc) is 3.88. The molecule has 340 valence electrons. The summed E-state index contributed by atoms with van der Waals surface area (Å²) in [6.07, 6.45) is -6.36. The van der Waals surface area contributed by atoms with Crippen molar-refractivity contribution in [1.29, 1.82) is 0 Å². The Kier molecular flexibility index (Phi) is 15.6. The van der Waals surface area contributed by atoms with Gasteiger partial charge in [0.15, 0.2) is 36.6 Å². The van der Waals surface area contributed by atoms with Gasteiger partial charge in [-0.05, 0) is 42.4 Å². The molecule has 18 heteroatoms. The number of fused-ring (bicyclic) bond motifs is 3. The quantitative estimate of drug-likeness (QED) is 0.141. The number of epoxide rings is 1. The van der Waals surface area contributed by atoms with Gasteiger partial charge in [-0.1, -0.05) is 54.5 Å². The van der Waals surface area contributed by atoms with Crippen molar-refractivity contribution < 1.29 is 86.1 Å². The van der Waals surface area contributed by atoms with E-state index in [0.717, 1.165) is 20.8 Å². The maximum atomic E-state index is 13.8. The van der Waals surface area contributed by atoms with Gasteiger partial charge in [0.05, 0.1) is 17.9 Å². The first-order chi connectivity index (χ1) is 28.4. The number of hydrogen-bond donors (Lipinski definition) is 1. The predicted octanol–water partition coefficient (Wildman–Crippen LogP) is 3.02. The number of esters is 8. The molecule has 1 saturated carbocycles. The highest BCUT2D eigenvalue weighted by Crippen LogP contribution is 2.63. The minimum Gasteiger partial charge on any atom is -0.461 e. The van der Waals surface area contributed by atoms with Crippen LogP contribution >= 0.6 is 0 Å². The average molecular weight is 865 g/mol. The highest BCUT2D eigenvalue weighted by atomic mass is 16.7. The first kappa shape index (κ1) is 48.8. The molecule has 0 radical (unpaired) electrons. The van der Waals surface area contributed by atoms with Crippen molar-refractivity contribution in [1.82, 2.24) is 0 Å². The standard InChI is InChI=1S/C43H60O18/c1-21(2)14-31(47)53-18-28-12-13-29(59-34(50)19-54-32(48)15-22(3)4)41(11)36(39(58-27(10)46)43(52)24(7)40(51)60-30(43)17-28)42(20-55-42)38(61-33(49)16-23(5)6)35(56-25(8)44)37(41)57-26(9)45/h12-13,17,21-24,29-30,35-39,52H,14-16,18-20H2,1-11H3. The largest absolute Gasteiger partial charge is 0.461 e. The molecule has 11 atom stereocenters. The molecule has 0 aromatic carbocycles. The number of ether oxygens (including phenoxy) is 9. The third kappa shape index (κ3) is 11.0. The van der Waals surface area contributed by atoms with E-state index in [2.05, 4.69) is 0 Å². The predicted molar refractivity (Wildman–Crippen MR) is 208 cm³/mol. The van der Waals surface area contributed by atoms with Crippen LogP contribution in [0.25, 0.3) is 0 Å². The maximum Gasteiger partial charge on any atom is 0.344 e. The Balaban J connectivity index is 2.10. The Morgan fingerprint density at radius 2 is 1.26 bits per heavy atom. The molecule has 2 saturated heterocycles. The Morgan fingerprint density at radius 1 is 0.738 bits per heavy atom. The normalized spacial score (nSPS) is 32.8. The molecular formula is C43H60O18. The zero-order valence-electron chi connectivity index (χ0n) is 36.7. The van der Waals surface area contributed by atoms with Gasteiger partial charge in [-0.2, -0.15) is 0 Å². The van der Waals surface area contributed by atoms with Crippen LogP contribution < -0.4 is 0 Å². The molecule has 2 heterocycles. The summed E-state index contributed by atoms with van der Waals surface area (Å²) >= 11 is 0. The first-order valence-corrected chi connectivity index (χ1v) is 20.5. The Bertz CT molecular complexity index is 1770.